The third-order valence-corrected chi connectivity index (χ3v) is 5.59. The number of methoxy groups -OCH3 is 1. The Morgan fingerprint density at radius 2 is 1.53 bits per heavy atom. The van der Waals surface area contributed by atoms with Gasteiger partial charge in [0.25, 0.3) is 0 Å². The SMILES string of the molecule is COc1ccc(CCNC(=O)[C@@H](c2ccccc2)N(Cc2ccc(F)cc2)C(=O)C(C)C)cc1. The molecule has 0 bridgehead atoms. The molecule has 34 heavy (non-hydrogen) atoms. The second-order valence-corrected chi connectivity index (χ2v) is 8.45. The molecule has 1 atom stereocenters. The van der Waals surface area contributed by atoms with E-state index in [4.69, 9.17) is 4.74 Å². The summed E-state index contributed by atoms with van der Waals surface area (Å²) in [6.07, 6.45) is 0.646. The molecule has 0 fully saturated rings. The van der Waals surface area contributed by atoms with Crippen LogP contribution in [-0.2, 0) is 22.6 Å². The first-order valence-corrected chi connectivity index (χ1v) is 11.4. The molecule has 2 amide bonds. The minimum Gasteiger partial charge on any atom is -0.497 e. The fraction of sp³-hybridized carbons (Fsp3) is 0.286. The van der Waals surface area contributed by atoms with E-state index in [-0.39, 0.29) is 30.1 Å². The average Bonchev–Trinajstić information content (AvgIpc) is 2.85. The first kappa shape index (κ1) is 25.0. The second-order valence-electron chi connectivity index (χ2n) is 8.45. The molecule has 0 aromatic heterocycles. The Morgan fingerprint density at radius 3 is 2.12 bits per heavy atom. The van der Waals surface area contributed by atoms with Crippen molar-refractivity contribution in [2.24, 2.45) is 5.92 Å². The average molecular weight is 463 g/mol. The zero-order valence-corrected chi connectivity index (χ0v) is 19.8. The van der Waals surface area contributed by atoms with Crippen LogP contribution in [0.3, 0.4) is 0 Å². The Balaban J connectivity index is 1.83. The van der Waals surface area contributed by atoms with Crippen molar-refractivity contribution in [3.05, 3.63) is 101 Å². The van der Waals surface area contributed by atoms with Gasteiger partial charge < -0.3 is 15.0 Å². The number of benzene rings is 3. The van der Waals surface area contributed by atoms with E-state index in [1.807, 2.05) is 68.4 Å². The minimum absolute atomic E-state index is 0.150. The van der Waals surface area contributed by atoms with Crippen LogP contribution in [0.25, 0.3) is 0 Å². The molecule has 5 nitrogen and oxygen atoms in total. The van der Waals surface area contributed by atoms with E-state index < -0.39 is 6.04 Å². The molecule has 3 aromatic rings. The maximum absolute atomic E-state index is 13.5. The lowest BCUT2D eigenvalue weighted by Crippen LogP contribution is -2.45. The number of nitrogens with zero attached hydrogens (tertiary/aromatic N) is 1. The third kappa shape index (κ3) is 6.67. The molecule has 0 saturated carbocycles. The quantitative estimate of drug-likeness (QED) is 0.465. The summed E-state index contributed by atoms with van der Waals surface area (Å²) < 4.78 is 18.6. The zero-order valence-electron chi connectivity index (χ0n) is 19.8. The summed E-state index contributed by atoms with van der Waals surface area (Å²) in [6, 6.07) is 22.1. The van der Waals surface area contributed by atoms with Crippen molar-refractivity contribution in [1.82, 2.24) is 10.2 Å². The Hall–Kier alpha value is -3.67. The molecule has 3 aromatic carbocycles. The van der Waals surface area contributed by atoms with E-state index in [1.165, 1.54) is 12.1 Å². The lowest BCUT2D eigenvalue weighted by atomic mass is 10.0. The summed E-state index contributed by atoms with van der Waals surface area (Å²) in [5.41, 5.74) is 2.54. The lowest BCUT2D eigenvalue weighted by molar-refractivity contribution is -0.144. The van der Waals surface area contributed by atoms with Crippen molar-refractivity contribution in [2.75, 3.05) is 13.7 Å². The molecule has 0 saturated heterocycles. The van der Waals surface area contributed by atoms with Gasteiger partial charge in [0.15, 0.2) is 0 Å². The Labute approximate surface area is 200 Å². The molecular weight excluding hydrogens is 431 g/mol. The minimum atomic E-state index is -0.808. The van der Waals surface area contributed by atoms with Gasteiger partial charge in [0, 0.05) is 19.0 Å². The fourth-order valence-corrected chi connectivity index (χ4v) is 3.74. The van der Waals surface area contributed by atoms with Crippen LogP contribution >= 0.6 is 0 Å². The molecule has 178 valence electrons. The maximum atomic E-state index is 13.5. The summed E-state index contributed by atoms with van der Waals surface area (Å²) in [5.74, 6) is -0.278. The number of hydrogen-bond acceptors (Lipinski definition) is 3. The largest absolute Gasteiger partial charge is 0.497 e. The Bertz CT molecular complexity index is 1070. The summed E-state index contributed by atoms with van der Waals surface area (Å²) in [6.45, 7) is 4.24. The van der Waals surface area contributed by atoms with E-state index >= 15 is 0 Å². The number of hydrogen-bond donors (Lipinski definition) is 1. The number of rotatable bonds is 10. The van der Waals surface area contributed by atoms with Gasteiger partial charge in [-0.1, -0.05) is 68.4 Å². The van der Waals surface area contributed by atoms with Gasteiger partial charge in [0.05, 0.1) is 7.11 Å². The predicted molar refractivity (Wildman–Crippen MR) is 131 cm³/mol. The van der Waals surface area contributed by atoms with Crippen LogP contribution in [0.1, 0.15) is 36.6 Å². The van der Waals surface area contributed by atoms with Crippen LogP contribution in [0.5, 0.6) is 5.75 Å². The van der Waals surface area contributed by atoms with Crippen LogP contribution < -0.4 is 10.1 Å². The van der Waals surface area contributed by atoms with E-state index in [0.717, 1.165) is 22.4 Å². The molecule has 0 aliphatic carbocycles. The normalized spacial score (nSPS) is 11.7. The van der Waals surface area contributed by atoms with Crippen LogP contribution in [0.15, 0.2) is 78.9 Å². The first-order valence-electron chi connectivity index (χ1n) is 11.4. The van der Waals surface area contributed by atoms with Gasteiger partial charge in [-0.15, -0.1) is 0 Å². The Kier molecular flexibility index (Phi) is 8.79. The van der Waals surface area contributed by atoms with Crippen molar-refractivity contribution in [2.45, 2.75) is 32.9 Å². The first-order chi connectivity index (χ1) is 16.4. The number of nitrogens with one attached hydrogen (secondary N) is 1. The van der Waals surface area contributed by atoms with Gasteiger partial charge in [-0.25, -0.2) is 4.39 Å². The monoisotopic (exact) mass is 462 g/mol. The van der Waals surface area contributed by atoms with Gasteiger partial charge in [-0.3, -0.25) is 9.59 Å². The van der Waals surface area contributed by atoms with Gasteiger partial charge in [-0.05, 0) is 47.4 Å². The van der Waals surface area contributed by atoms with E-state index in [9.17, 15) is 14.0 Å². The van der Waals surface area contributed by atoms with Crippen molar-refractivity contribution < 1.29 is 18.7 Å². The Morgan fingerprint density at radius 1 is 0.912 bits per heavy atom. The molecule has 6 heteroatoms. The van der Waals surface area contributed by atoms with E-state index in [0.29, 0.717) is 13.0 Å². The van der Waals surface area contributed by atoms with Crippen LogP contribution in [0.4, 0.5) is 4.39 Å². The molecule has 0 unspecified atom stereocenters. The van der Waals surface area contributed by atoms with Gasteiger partial charge in [0.2, 0.25) is 11.8 Å². The van der Waals surface area contributed by atoms with Gasteiger partial charge in [0.1, 0.15) is 17.6 Å². The van der Waals surface area contributed by atoms with Crippen molar-refractivity contribution >= 4 is 11.8 Å². The number of ether oxygens (including phenoxy) is 1. The lowest BCUT2D eigenvalue weighted by Gasteiger charge is -2.33. The number of carbonyl (C=O) groups excluding carboxylic acids is 2. The van der Waals surface area contributed by atoms with Crippen LogP contribution in [0.2, 0.25) is 0 Å². The molecule has 0 heterocycles. The summed E-state index contributed by atoms with van der Waals surface area (Å²) in [7, 11) is 1.62. The van der Waals surface area contributed by atoms with E-state index in [2.05, 4.69) is 5.32 Å². The molecule has 0 aliphatic heterocycles. The number of halogens is 1. The number of carbonyl (C=O) groups is 2. The summed E-state index contributed by atoms with van der Waals surface area (Å²) in [4.78, 5) is 28.3. The summed E-state index contributed by atoms with van der Waals surface area (Å²) in [5, 5.41) is 3.00. The highest BCUT2D eigenvalue weighted by Gasteiger charge is 2.32. The molecule has 0 radical (unpaired) electrons. The van der Waals surface area contributed by atoms with Crippen molar-refractivity contribution in [3.8, 4) is 5.75 Å². The van der Waals surface area contributed by atoms with Crippen molar-refractivity contribution in [3.63, 3.8) is 0 Å². The number of amides is 2. The molecule has 0 aliphatic rings. The smallest absolute Gasteiger partial charge is 0.247 e. The highest BCUT2D eigenvalue weighted by Crippen LogP contribution is 2.26. The molecule has 0 spiro atoms. The van der Waals surface area contributed by atoms with Crippen LogP contribution in [-0.4, -0.2) is 30.4 Å². The van der Waals surface area contributed by atoms with E-state index in [1.54, 1.807) is 24.1 Å². The van der Waals surface area contributed by atoms with Gasteiger partial charge in [-0.2, -0.15) is 0 Å². The zero-order chi connectivity index (χ0) is 24.5. The molecule has 1 N–H and O–H groups in total. The third-order valence-electron chi connectivity index (χ3n) is 5.59. The fourth-order valence-electron chi connectivity index (χ4n) is 3.74. The standard InChI is InChI=1S/C28H31FN2O3/c1-20(2)28(33)31(19-22-9-13-24(29)14-10-22)26(23-7-5-4-6-8-23)27(32)30-18-17-21-11-15-25(34-3)16-12-21/h4-16,20,26H,17-19H2,1-3H3,(H,30,32)/t26-/m1/s1. The van der Waals surface area contributed by atoms with Crippen molar-refractivity contribution in [1.29, 1.82) is 0 Å². The highest BCUT2D eigenvalue weighted by atomic mass is 19.1. The maximum Gasteiger partial charge on any atom is 0.247 e. The van der Waals surface area contributed by atoms with Gasteiger partial charge >= 0.3 is 0 Å². The second kappa shape index (κ2) is 12.0. The highest BCUT2D eigenvalue weighted by molar-refractivity contribution is 5.89. The molecular formula is C28H31FN2O3. The van der Waals surface area contributed by atoms with Crippen LogP contribution in [0, 0.1) is 11.7 Å². The molecule has 3 rings (SSSR count). The summed E-state index contributed by atoms with van der Waals surface area (Å²) >= 11 is 0. The predicted octanol–water partition coefficient (Wildman–Crippen LogP) is 4.92. The topological polar surface area (TPSA) is 58.6 Å².